The van der Waals surface area contributed by atoms with E-state index in [-0.39, 0.29) is 45.4 Å². The van der Waals surface area contributed by atoms with Crippen molar-refractivity contribution in [3.63, 3.8) is 0 Å². The summed E-state index contributed by atoms with van der Waals surface area (Å²) in [5.41, 5.74) is 0.963. The van der Waals surface area contributed by atoms with Crippen molar-refractivity contribution in [2.75, 3.05) is 6.61 Å². The molecule has 0 aromatic heterocycles. The van der Waals surface area contributed by atoms with Crippen LogP contribution in [0.2, 0.25) is 0 Å². The van der Waals surface area contributed by atoms with Gasteiger partial charge in [0.05, 0.1) is 6.61 Å². The van der Waals surface area contributed by atoms with Gasteiger partial charge in [0.25, 0.3) is 0 Å². The van der Waals surface area contributed by atoms with E-state index < -0.39 is 90.5 Å². The maximum Gasteiger partial charge on any atom is 0.229 e. The molecule has 11 N–H and O–H groups in total. The van der Waals surface area contributed by atoms with Crippen LogP contribution in [0.4, 0.5) is 0 Å². The SMILES string of the molecule is OCC1OC(Oc2c(O)cc(O)cc2C2C(c3ccc(O)cc3)Oc3cc(O)cc4c3C2C(O)C(c2ccc(O)c(O)c2)O4)C(O)C(O)C1O. The van der Waals surface area contributed by atoms with Crippen LogP contribution in [-0.2, 0) is 4.74 Å². The number of benzene rings is 4. The maximum atomic E-state index is 12.2. The summed E-state index contributed by atoms with van der Waals surface area (Å²) in [6.45, 7) is -0.756. The molecule has 0 amide bonds. The van der Waals surface area contributed by atoms with E-state index in [0.717, 1.165) is 6.07 Å². The van der Waals surface area contributed by atoms with Gasteiger partial charge in [-0.2, -0.15) is 0 Å². The van der Waals surface area contributed by atoms with Gasteiger partial charge in [-0.1, -0.05) is 18.2 Å². The van der Waals surface area contributed by atoms with Gasteiger partial charge in [0, 0.05) is 41.2 Å². The average Bonchev–Trinajstić information content (AvgIpc) is 3.08. The molecule has 0 radical (unpaired) electrons. The van der Waals surface area contributed by atoms with Gasteiger partial charge in [-0.25, -0.2) is 0 Å². The molecule has 0 spiro atoms. The highest BCUT2D eigenvalue weighted by atomic mass is 16.7. The van der Waals surface area contributed by atoms with Gasteiger partial charge in [-0.15, -0.1) is 0 Å². The Morgan fingerprint density at radius 3 is 1.86 bits per heavy atom. The molecule has 4 aromatic carbocycles. The highest BCUT2D eigenvalue weighted by molar-refractivity contribution is 5.61. The van der Waals surface area contributed by atoms with Gasteiger partial charge in [-0.05, 0) is 41.5 Å². The number of hydrogen-bond donors (Lipinski definition) is 11. The van der Waals surface area contributed by atoms with E-state index in [2.05, 4.69) is 0 Å². The monoisotopic (exact) mass is 694 g/mol. The minimum Gasteiger partial charge on any atom is -0.508 e. The van der Waals surface area contributed by atoms with Gasteiger partial charge in [-0.3, -0.25) is 0 Å². The van der Waals surface area contributed by atoms with E-state index in [0.29, 0.717) is 5.56 Å². The Balaban J connectivity index is 1.43. The Bertz CT molecular complexity index is 1900. The van der Waals surface area contributed by atoms with Crippen molar-refractivity contribution < 1.29 is 75.1 Å². The second-order valence-electron chi connectivity index (χ2n) is 12.5. The van der Waals surface area contributed by atoms with E-state index in [9.17, 15) is 56.2 Å². The van der Waals surface area contributed by atoms with Gasteiger partial charge in [0.15, 0.2) is 29.1 Å². The van der Waals surface area contributed by atoms with Crippen molar-refractivity contribution >= 4 is 0 Å². The van der Waals surface area contributed by atoms with Crippen LogP contribution < -0.4 is 14.2 Å². The molecule has 4 aromatic rings. The van der Waals surface area contributed by atoms with Crippen molar-refractivity contribution in [1.29, 1.82) is 0 Å². The smallest absolute Gasteiger partial charge is 0.229 e. The Kier molecular flexibility index (Phi) is 8.42. The zero-order valence-electron chi connectivity index (χ0n) is 25.9. The number of ether oxygens (including phenoxy) is 4. The average molecular weight is 695 g/mol. The second kappa shape index (κ2) is 12.6. The number of rotatable bonds is 6. The lowest BCUT2D eigenvalue weighted by Crippen LogP contribution is -2.60. The van der Waals surface area contributed by atoms with E-state index in [4.69, 9.17) is 18.9 Å². The first kappa shape index (κ1) is 33.3. The highest BCUT2D eigenvalue weighted by Crippen LogP contribution is 2.62. The number of aliphatic hydroxyl groups is 5. The van der Waals surface area contributed by atoms with Crippen LogP contribution in [0.3, 0.4) is 0 Å². The Hall–Kier alpha value is -5.16. The normalized spacial score (nSPS) is 30.1. The van der Waals surface area contributed by atoms with Crippen molar-refractivity contribution in [3.05, 3.63) is 89.0 Å². The summed E-state index contributed by atoms with van der Waals surface area (Å²) >= 11 is 0. The first-order valence-corrected chi connectivity index (χ1v) is 15.6. The lowest BCUT2D eigenvalue weighted by molar-refractivity contribution is -0.277. The minimum atomic E-state index is -1.88. The summed E-state index contributed by atoms with van der Waals surface area (Å²) in [6, 6.07) is 14.5. The number of phenolic OH excluding ortho intramolecular Hbond substituents is 6. The molecule has 1 fully saturated rings. The summed E-state index contributed by atoms with van der Waals surface area (Å²) in [7, 11) is 0. The molecule has 1 saturated heterocycles. The fourth-order valence-electron chi connectivity index (χ4n) is 7.02. The fourth-order valence-corrected chi connectivity index (χ4v) is 7.02. The Labute approximate surface area is 283 Å². The van der Waals surface area contributed by atoms with E-state index in [1.807, 2.05) is 0 Å². The third-order valence-corrected chi connectivity index (χ3v) is 9.40. The van der Waals surface area contributed by atoms with Crippen molar-refractivity contribution in [2.24, 2.45) is 0 Å². The molecule has 0 aliphatic carbocycles. The molecular weight excluding hydrogens is 660 g/mol. The molecule has 0 saturated carbocycles. The number of hydrogen-bond acceptors (Lipinski definition) is 15. The van der Waals surface area contributed by atoms with Crippen LogP contribution in [0.15, 0.2) is 66.7 Å². The minimum absolute atomic E-state index is 0.000429. The Morgan fingerprint density at radius 2 is 1.20 bits per heavy atom. The molecule has 3 aliphatic rings. The molecule has 15 heteroatoms. The lowest BCUT2D eigenvalue weighted by atomic mass is 9.68. The third-order valence-electron chi connectivity index (χ3n) is 9.40. The van der Waals surface area contributed by atoms with Gasteiger partial charge < -0.3 is 75.1 Å². The molecule has 10 atom stereocenters. The van der Waals surface area contributed by atoms with Crippen LogP contribution in [-0.4, -0.2) is 99.6 Å². The first-order chi connectivity index (χ1) is 23.9. The quantitative estimate of drug-likeness (QED) is 0.128. The van der Waals surface area contributed by atoms with Gasteiger partial charge in [0.1, 0.15) is 65.4 Å². The standard InChI is InChI=1S/C35H34O15/c36-12-24-28(43)30(45)31(46)35(49-24)50-34-18(8-16(38)9-21(34)42)25-27-26-22(47-32(25)13-1-4-15(37)5-2-13)10-17(39)11-23(26)48-33(29(27)44)14-3-6-19(40)20(41)7-14/h1-11,24-25,27-33,35-46H,12H2. The Morgan fingerprint density at radius 1 is 0.560 bits per heavy atom. The number of phenols is 6. The van der Waals surface area contributed by atoms with Crippen LogP contribution >= 0.6 is 0 Å². The summed E-state index contributed by atoms with van der Waals surface area (Å²) in [4.78, 5) is 0. The molecule has 3 aliphatic heterocycles. The van der Waals surface area contributed by atoms with Crippen LogP contribution in [0.25, 0.3) is 0 Å². The van der Waals surface area contributed by atoms with Crippen molar-refractivity contribution in [3.8, 4) is 51.7 Å². The molecular formula is C35H34O15. The summed E-state index contributed by atoms with van der Waals surface area (Å²) in [5.74, 6) is -4.69. The predicted octanol–water partition coefficient (Wildman–Crippen LogP) is 1.59. The van der Waals surface area contributed by atoms with Crippen molar-refractivity contribution in [2.45, 2.75) is 60.9 Å². The summed E-state index contributed by atoms with van der Waals surface area (Å²) < 4.78 is 24.2. The molecule has 7 rings (SSSR count). The first-order valence-electron chi connectivity index (χ1n) is 15.6. The molecule has 3 heterocycles. The van der Waals surface area contributed by atoms with Crippen LogP contribution in [0, 0.1) is 0 Å². The number of aromatic hydroxyl groups is 6. The zero-order chi connectivity index (χ0) is 35.6. The van der Waals surface area contributed by atoms with Crippen LogP contribution in [0.5, 0.6) is 51.7 Å². The molecule has 264 valence electrons. The maximum absolute atomic E-state index is 12.2. The fraction of sp³-hybridized carbons (Fsp3) is 0.314. The zero-order valence-corrected chi connectivity index (χ0v) is 25.9. The number of aliphatic hydroxyl groups excluding tert-OH is 5. The highest BCUT2D eigenvalue weighted by Gasteiger charge is 2.53. The van der Waals surface area contributed by atoms with E-state index in [1.165, 1.54) is 48.5 Å². The summed E-state index contributed by atoms with van der Waals surface area (Å²) in [6.07, 6.45) is -12.3. The van der Waals surface area contributed by atoms with Gasteiger partial charge >= 0.3 is 0 Å². The molecule has 0 bridgehead atoms. The third kappa shape index (κ3) is 5.59. The van der Waals surface area contributed by atoms with Crippen LogP contribution in [0.1, 0.15) is 46.3 Å². The van der Waals surface area contributed by atoms with Crippen molar-refractivity contribution in [1.82, 2.24) is 0 Å². The molecule has 15 nitrogen and oxygen atoms in total. The predicted molar refractivity (Wildman–Crippen MR) is 168 cm³/mol. The topological polar surface area (TPSA) is 259 Å². The van der Waals surface area contributed by atoms with E-state index >= 15 is 0 Å². The van der Waals surface area contributed by atoms with Gasteiger partial charge in [0.2, 0.25) is 6.29 Å². The molecule has 50 heavy (non-hydrogen) atoms. The molecule has 10 unspecified atom stereocenters. The lowest BCUT2D eigenvalue weighted by Gasteiger charge is -2.47. The second-order valence-corrected chi connectivity index (χ2v) is 12.5. The van der Waals surface area contributed by atoms with E-state index in [1.54, 1.807) is 12.1 Å². The largest absolute Gasteiger partial charge is 0.508 e. The summed E-state index contributed by atoms with van der Waals surface area (Å²) in [5, 5.41) is 117.